The fourth-order valence-electron chi connectivity index (χ4n) is 3.78. The van der Waals surface area contributed by atoms with E-state index in [2.05, 4.69) is 10.2 Å². The highest BCUT2D eigenvalue weighted by molar-refractivity contribution is 6.31. The Morgan fingerprint density at radius 2 is 2.04 bits per heavy atom. The zero-order chi connectivity index (χ0) is 16.9. The Bertz CT molecular complexity index is 606. The minimum absolute atomic E-state index is 0.343. The van der Waals surface area contributed by atoms with Gasteiger partial charge in [-0.25, -0.2) is 4.79 Å². The third-order valence-corrected chi connectivity index (χ3v) is 5.19. The Kier molecular flexibility index (Phi) is 5.74. The van der Waals surface area contributed by atoms with Gasteiger partial charge in [0.1, 0.15) is 0 Å². The van der Waals surface area contributed by atoms with Crippen LogP contribution in [-0.2, 0) is 4.74 Å². The summed E-state index contributed by atoms with van der Waals surface area (Å²) in [6.45, 7) is 2.68. The van der Waals surface area contributed by atoms with Gasteiger partial charge >= 0.3 is 6.09 Å². The van der Waals surface area contributed by atoms with Gasteiger partial charge in [-0.15, -0.1) is 0 Å². The topological polar surface area (TPSA) is 58.6 Å². The lowest BCUT2D eigenvalue weighted by Crippen LogP contribution is -2.49. The van der Waals surface area contributed by atoms with Gasteiger partial charge in [-0.05, 0) is 57.0 Å². The van der Waals surface area contributed by atoms with Crippen LogP contribution in [0.15, 0.2) is 24.3 Å². The molecule has 1 N–H and O–H groups in total. The lowest BCUT2D eigenvalue weighted by Gasteiger charge is -2.44. The predicted octanol–water partition coefficient (Wildman–Crippen LogP) is 3.47. The first-order chi connectivity index (χ1) is 11.6. The zero-order valence-electron chi connectivity index (χ0n) is 13.7. The van der Waals surface area contributed by atoms with Crippen LogP contribution in [0.3, 0.4) is 0 Å². The molecule has 2 amide bonds. The lowest BCUT2D eigenvalue weighted by atomic mass is 9.84. The molecule has 0 aromatic heterocycles. The number of carbonyl (C=O) groups is 2. The Hall–Kier alpha value is -1.59. The largest absolute Gasteiger partial charge is 0.449 e. The van der Waals surface area contributed by atoms with E-state index in [1.54, 1.807) is 18.2 Å². The number of nitrogens with zero attached hydrogens (tertiary/aromatic N) is 1. The number of halogens is 1. The van der Waals surface area contributed by atoms with Crippen molar-refractivity contribution in [3.63, 3.8) is 0 Å². The average molecular weight is 351 g/mol. The van der Waals surface area contributed by atoms with Gasteiger partial charge in [0.05, 0.1) is 6.61 Å². The van der Waals surface area contributed by atoms with Crippen LogP contribution < -0.4 is 5.32 Å². The first-order valence-electron chi connectivity index (χ1n) is 8.61. The number of piperidine rings is 2. The smallest absolute Gasteiger partial charge is 0.414 e. The molecule has 1 aromatic rings. The molecular formula is C18H23ClN2O3. The third-order valence-electron chi connectivity index (χ3n) is 4.96. The van der Waals surface area contributed by atoms with Crippen LogP contribution in [0.2, 0.25) is 5.02 Å². The number of hydrogen-bond acceptors (Lipinski definition) is 4. The Labute approximate surface area is 147 Å². The first-order valence-corrected chi connectivity index (χ1v) is 8.99. The van der Waals surface area contributed by atoms with Crippen molar-refractivity contribution < 1.29 is 14.3 Å². The molecule has 2 atom stereocenters. The number of alkyl carbamates (subject to hydrolysis) is 1. The summed E-state index contributed by atoms with van der Waals surface area (Å²) in [5.74, 6) is -0.128. The van der Waals surface area contributed by atoms with Crippen molar-refractivity contribution in [3.05, 3.63) is 34.9 Å². The van der Waals surface area contributed by atoms with Crippen molar-refractivity contribution in [2.45, 2.75) is 38.1 Å². The summed E-state index contributed by atoms with van der Waals surface area (Å²) in [6.07, 6.45) is 5.23. The molecule has 2 fully saturated rings. The van der Waals surface area contributed by atoms with Crippen LogP contribution in [0.4, 0.5) is 4.79 Å². The van der Waals surface area contributed by atoms with Crippen molar-refractivity contribution >= 4 is 23.6 Å². The van der Waals surface area contributed by atoms with E-state index >= 15 is 0 Å². The molecule has 130 valence electrons. The maximum absolute atomic E-state index is 12.0. The van der Waals surface area contributed by atoms with E-state index in [0.717, 1.165) is 25.9 Å². The molecular weight excluding hydrogens is 328 g/mol. The highest BCUT2D eigenvalue weighted by Gasteiger charge is 2.33. The van der Waals surface area contributed by atoms with Crippen LogP contribution in [0, 0.1) is 5.92 Å². The summed E-state index contributed by atoms with van der Waals surface area (Å²) in [7, 11) is 0. The molecule has 6 heteroatoms. The van der Waals surface area contributed by atoms with Gasteiger partial charge in [0.15, 0.2) is 0 Å². The number of nitrogens with one attached hydrogen (secondary N) is 1. The van der Waals surface area contributed by atoms with Crippen molar-refractivity contribution in [2.24, 2.45) is 5.92 Å². The fourth-order valence-corrected chi connectivity index (χ4v) is 3.98. The zero-order valence-corrected chi connectivity index (χ0v) is 14.4. The van der Waals surface area contributed by atoms with Gasteiger partial charge in [-0.1, -0.05) is 24.1 Å². The second-order valence-corrected chi connectivity index (χ2v) is 7.00. The van der Waals surface area contributed by atoms with Crippen LogP contribution >= 0.6 is 11.6 Å². The Balaban J connectivity index is 1.49. The van der Waals surface area contributed by atoms with Crippen molar-refractivity contribution in [3.8, 4) is 0 Å². The molecule has 2 aliphatic rings. The molecule has 0 aliphatic carbocycles. The summed E-state index contributed by atoms with van der Waals surface area (Å²) in [6, 6.07) is 6.99. The number of fused-ring (bicyclic) bond motifs is 1. The maximum Gasteiger partial charge on any atom is 0.414 e. The minimum Gasteiger partial charge on any atom is -0.449 e. The minimum atomic E-state index is -0.687. The van der Waals surface area contributed by atoms with Gasteiger partial charge in [0, 0.05) is 22.5 Å². The molecule has 0 spiro atoms. The summed E-state index contributed by atoms with van der Waals surface area (Å²) < 4.78 is 5.32. The molecule has 3 rings (SSSR count). The molecule has 5 nitrogen and oxygen atoms in total. The summed E-state index contributed by atoms with van der Waals surface area (Å²) >= 11 is 5.85. The van der Waals surface area contributed by atoms with Crippen molar-refractivity contribution in [2.75, 3.05) is 19.7 Å². The Morgan fingerprint density at radius 3 is 2.88 bits per heavy atom. The van der Waals surface area contributed by atoms with E-state index in [9.17, 15) is 9.59 Å². The maximum atomic E-state index is 12.0. The van der Waals surface area contributed by atoms with E-state index in [1.165, 1.54) is 25.3 Å². The molecule has 2 saturated heterocycles. The van der Waals surface area contributed by atoms with Crippen LogP contribution in [0.25, 0.3) is 0 Å². The predicted molar refractivity (Wildman–Crippen MR) is 92.2 cm³/mol. The number of amides is 2. The summed E-state index contributed by atoms with van der Waals surface area (Å²) in [4.78, 5) is 26.4. The van der Waals surface area contributed by atoms with Crippen molar-refractivity contribution in [1.29, 1.82) is 0 Å². The highest BCUT2D eigenvalue weighted by Crippen LogP contribution is 2.30. The second kappa shape index (κ2) is 7.99. The monoisotopic (exact) mass is 350 g/mol. The number of benzene rings is 1. The van der Waals surface area contributed by atoms with Gasteiger partial charge in [0.25, 0.3) is 5.91 Å². The molecule has 0 bridgehead atoms. The number of carbonyl (C=O) groups excluding carboxylic acids is 2. The fraction of sp³-hybridized carbons (Fsp3) is 0.556. The molecule has 1 aromatic carbocycles. The standard InChI is InChI=1S/C18H23ClN2O3/c19-15-7-3-5-13(11-15)17(22)20-18(23)24-12-14-6-4-10-21-9-2-1-8-16(14)21/h3,5,7,11,14,16H,1-2,4,6,8-10,12H2,(H,20,22,23)/t14-,16-/m0/s1. The van der Waals surface area contributed by atoms with Crippen LogP contribution in [0.5, 0.6) is 0 Å². The van der Waals surface area contributed by atoms with E-state index in [-0.39, 0.29) is 0 Å². The lowest BCUT2D eigenvalue weighted by molar-refractivity contribution is 0.0235. The van der Waals surface area contributed by atoms with E-state index in [0.29, 0.717) is 29.2 Å². The molecule has 0 saturated carbocycles. The van der Waals surface area contributed by atoms with E-state index in [4.69, 9.17) is 16.3 Å². The summed E-state index contributed by atoms with van der Waals surface area (Å²) in [5, 5.41) is 2.72. The number of ether oxygens (including phenoxy) is 1. The van der Waals surface area contributed by atoms with Crippen LogP contribution in [0.1, 0.15) is 42.5 Å². The average Bonchev–Trinajstić information content (AvgIpc) is 2.60. The normalized spacial score (nSPS) is 24.0. The molecule has 24 heavy (non-hydrogen) atoms. The molecule has 0 radical (unpaired) electrons. The number of imide groups is 1. The Morgan fingerprint density at radius 1 is 1.21 bits per heavy atom. The molecule has 0 unspecified atom stereocenters. The SMILES string of the molecule is O=C(NC(=O)c1cccc(Cl)c1)OC[C@@H]1CCCN2CCCC[C@@H]12. The van der Waals surface area contributed by atoms with Crippen molar-refractivity contribution in [1.82, 2.24) is 10.2 Å². The third kappa shape index (κ3) is 4.28. The van der Waals surface area contributed by atoms with Gasteiger partial charge in [-0.2, -0.15) is 0 Å². The van der Waals surface area contributed by atoms with Gasteiger partial charge < -0.3 is 4.74 Å². The second-order valence-electron chi connectivity index (χ2n) is 6.56. The number of rotatable bonds is 3. The van der Waals surface area contributed by atoms with Gasteiger partial charge in [0.2, 0.25) is 0 Å². The molecule has 2 aliphatic heterocycles. The first kappa shape index (κ1) is 17.2. The highest BCUT2D eigenvalue weighted by atomic mass is 35.5. The van der Waals surface area contributed by atoms with Gasteiger partial charge in [-0.3, -0.25) is 15.0 Å². The summed E-state index contributed by atoms with van der Waals surface area (Å²) in [5.41, 5.74) is 0.343. The quantitative estimate of drug-likeness (QED) is 0.906. The van der Waals surface area contributed by atoms with Crippen LogP contribution in [-0.4, -0.2) is 42.6 Å². The van der Waals surface area contributed by atoms with E-state index in [1.807, 2.05) is 0 Å². The molecule has 2 heterocycles. The van der Waals surface area contributed by atoms with E-state index < -0.39 is 12.0 Å². The number of hydrogen-bond donors (Lipinski definition) is 1.